The summed E-state index contributed by atoms with van der Waals surface area (Å²) in [5, 5.41) is 18.4. The molecular weight excluding hydrogens is 864 g/mol. The number of hydrogen-bond acceptors (Lipinski definition) is 9. The number of aliphatic hydroxyl groups excluding tert-OH is 2. The van der Waals surface area contributed by atoms with Gasteiger partial charge in [0, 0.05) is 12.8 Å². The van der Waals surface area contributed by atoms with Gasteiger partial charge in [-0.2, -0.15) is 0 Å². The van der Waals surface area contributed by atoms with Crippen LogP contribution in [0.4, 0.5) is 0 Å². The van der Waals surface area contributed by atoms with Crippen LogP contribution in [0, 0.1) is 0 Å². The fourth-order valence-electron chi connectivity index (χ4n) is 8.82. The molecule has 0 radical (unpaired) electrons. The third-order valence-corrected chi connectivity index (χ3v) is 14.2. The Kier molecular flexibility index (Phi) is 52.0. The van der Waals surface area contributed by atoms with Crippen LogP contribution in [0.15, 0.2) is 0 Å². The lowest BCUT2D eigenvalue weighted by Gasteiger charge is -2.20. The largest absolute Gasteiger partial charge is 0.472 e. The Labute approximate surface area is 414 Å². The Hall–Kier alpha value is -1.03. The van der Waals surface area contributed by atoms with Gasteiger partial charge in [-0.15, -0.1) is 0 Å². The number of carbonyl (C=O) groups is 2. The number of phosphoric acid groups is 1. The molecule has 0 heterocycles. The van der Waals surface area contributed by atoms with Crippen LogP contribution in [-0.2, 0) is 32.7 Å². The second-order valence-electron chi connectivity index (χ2n) is 20.0. The van der Waals surface area contributed by atoms with Crippen LogP contribution >= 0.6 is 7.82 Å². The quantitative estimate of drug-likeness (QED) is 0.0305. The second-order valence-corrected chi connectivity index (χ2v) is 21.5. The molecule has 0 spiro atoms. The lowest BCUT2D eigenvalue weighted by Crippen LogP contribution is -2.29. The summed E-state index contributed by atoms with van der Waals surface area (Å²) < 4.78 is 33.0. The molecule has 0 amide bonds. The molecule has 10 nitrogen and oxygen atoms in total. The highest BCUT2D eigenvalue weighted by molar-refractivity contribution is 7.47. The zero-order valence-electron chi connectivity index (χ0n) is 44.2. The summed E-state index contributed by atoms with van der Waals surface area (Å²) in [7, 11) is -4.62. The molecule has 1 unspecified atom stereocenters. The van der Waals surface area contributed by atoms with Crippen LogP contribution in [0.5, 0.6) is 0 Å². The first kappa shape index (κ1) is 66.0. The molecule has 0 saturated heterocycles. The smallest absolute Gasteiger partial charge is 0.462 e. The van der Waals surface area contributed by atoms with Crippen LogP contribution in [0.2, 0.25) is 0 Å². The molecule has 0 aliphatic rings. The van der Waals surface area contributed by atoms with E-state index in [2.05, 4.69) is 13.8 Å². The first-order valence-corrected chi connectivity index (χ1v) is 30.5. The molecule has 400 valence electrons. The minimum absolute atomic E-state index is 0.194. The summed E-state index contributed by atoms with van der Waals surface area (Å²) >= 11 is 0. The molecule has 0 aromatic heterocycles. The number of ether oxygens (including phenoxy) is 2. The number of esters is 2. The van der Waals surface area contributed by atoms with E-state index in [4.69, 9.17) is 23.6 Å². The van der Waals surface area contributed by atoms with Gasteiger partial charge in [-0.25, -0.2) is 4.57 Å². The van der Waals surface area contributed by atoms with Crippen LogP contribution in [0.3, 0.4) is 0 Å². The van der Waals surface area contributed by atoms with Gasteiger partial charge in [0.1, 0.15) is 12.7 Å². The number of hydrogen-bond donors (Lipinski definition) is 3. The van der Waals surface area contributed by atoms with Crippen molar-refractivity contribution >= 4 is 19.8 Å². The van der Waals surface area contributed by atoms with Gasteiger partial charge in [0.2, 0.25) is 0 Å². The van der Waals surface area contributed by atoms with Crippen LogP contribution < -0.4 is 0 Å². The van der Waals surface area contributed by atoms with E-state index in [9.17, 15) is 24.2 Å². The van der Waals surface area contributed by atoms with E-state index in [1.807, 2.05) is 0 Å². The maximum atomic E-state index is 12.7. The van der Waals surface area contributed by atoms with E-state index in [1.165, 1.54) is 238 Å². The molecule has 3 N–H and O–H groups in total. The topological polar surface area (TPSA) is 149 Å². The molecule has 0 aromatic carbocycles. The fourth-order valence-corrected chi connectivity index (χ4v) is 9.61. The highest BCUT2D eigenvalue weighted by Crippen LogP contribution is 2.43. The molecule has 11 heteroatoms. The van der Waals surface area contributed by atoms with Crippen molar-refractivity contribution in [3.63, 3.8) is 0 Å². The summed E-state index contributed by atoms with van der Waals surface area (Å²) in [4.78, 5) is 35.3. The van der Waals surface area contributed by atoms with Gasteiger partial charge in [-0.3, -0.25) is 18.6 Å². The van der Waals surface area contributed by atoms with Crippen molar-refractivity contribution in [2.45, 2.75) is 321 Å². The zero-order valence-corrected chi connectivity index (χ0v) is 45.1. The van der Waals surface area contributed by atoms with Crippen molar-refractivity contribution in [2.75, 3.05) is 26.4 Å². The molecular formula is C56H111O10P. The van der Waals surface area contributed by atoms with Crippen LogP contribution in [-0.4, -0.2) is 65.7 Å². The predicted molar refractivity (Wildman–Crippen MR) is 279 cm³/mol. The van der Waals surface area contributed by atoms with E-state index in [-0.39, 0.29) is 19.4 Å². The van der Waals surface area contributed by atoms with Crippen molar-refractivity contribution in [1.29, 1.82) is 0 Å². The van der Waals surface area contributed by atoms with Crippen molar-refractivity contribution in [1.82, 2.24) is 0 Å². The minimum Gasteiger partial charge on any atom is -0.462 e. The summed E-state index contributed by atoms with van der Waals surface area (Å²) in [6.45, 7) is 2.48. The number of phosphoric ester groups is 1. The number of aliphatic hydroxyl groups is 2. The van der Waals surface area contributed by atoms with E-state index >= 15 is 0 Å². The SMILES string of the molecule is CCCCCCCCCCCCCCCCCCCCCCCCCC(=O)O[C@H](COC(=O)CCCCCCCCCCCCCCCCCCCCCCC)COP(=O)(O)OC[C@@H](O)CO. The van der Waals surface area contributed by atoms with Gasteiger partial charge < -0.3 is 24.6 Å². The summed E-state index contributed by atoms with van der Waals surface area (Å²) in [5.41, 5.74) is 0. The minimum atomic E-state index is -4.62. The summed E-state index contributed by atoms with van der Waals surface area (Å²) in [6, 6.07) is 0. The van der Waals surface area contributed by atoms with Gasteiger partial charge in [-0.05, 0) is 12.8 Å². The van der Waals surface area contributed by atoms with Crippen LogP contribution in [0.25, 0.3) is 0 Å². The first-order chi connectivity index (χ1) is 32.7. The van der Waals surface area contributed by atoms with Crippen LogP contribution in [0.1, 0.15) is 309 Å². The van der Waals surface area contributed by atoms with Gasteiger partial charge >= 0.3 is 19.8 Å². The molecule has 0 rings (SSSR count). The molecule has 3 atom stereocenters. The maximum Gasteiger partial charge on any atom is 0.472 e. The second kappa shape index (κ2) is 52.8. The maximum absolute atomic E-state index is 12.7. The molecule has 67 heavy (non-hydrogen) atoms. The zero-order chi connectivity index (χ0) is 49.0. The van der Waals surface area contributed by atoms with Crippen molar-refractivity contribution in [3.8, 4) is 0 Å². The monoisotopic (exact) mass is 975 g/mol. The molecule has 0 aliphatic carbocycles. The van der Waals surface area contributed by atoms with E-state index < -0.39 is 51.8 Å². The Morgan fingerprint density at radius 1 is 0.388 bits per heavy atom. The van der Waals surface area contributed by atoms with E-state index in [0.717, 1.165) is 32.1 Å². The number of carbonyl (C=O) groups excluding carboxylic acids is 2. The van der Waals surface area contributed by atoms with E-state index in [1.54, 1.807) is 0 Å². The predicted octanol–water partition coefficient (Wildman–Crippen LogP) is 16.9. The average molecular weight is 975 g/mol. The van der Waals surface area contributed by atoms with E-state index in [0.29, 0.717) is 12.8 Å². The highest BCUT2D eigenvalue weighted by atomic mass is 31.2. The highest BCUT2D eigenvalue weighted by Gasteiger charge is 2.27. The van der Waals surface area contributed by atoms with Crippen molar-refractivity contribution < 1.29 is 47.8 Å². The molecule has 0 aliphatic heterocycles. The molecule has 0 aromatic rings. The van der Waals surface area contributed by atoms with Gasteiger partial charge in [0.15, 0.2) is 6.10 Å². The lowest BCUT2D eigenvalue weighted by molar-refractivity contribution is -0.161. The van der Waals surface area contributed by atoms with Crippen molar-refractivity contribution in [2.24, 2.45) is 0 Å². The molecule has 0 saturated carbocycles. The Balaban J connectivity index is 4.04. The first-order valence-electron chi connectivity index (χ1n) is 29.0. The molecule has 0 bridgehead atoms. The summed E-state index contributed by atoms with van der Waals surface area (Å²) in [5.74, 6) is -0.898. The van der Waals surface area contributed by atoms with Gasteiger partial charge in [-0.1, -0.05) is 284 Å². The summed E-state index contributed by atoms with van der Waals surface area (Å²) in [6.07, 6.45) is 55.1. The normalized spacial score (nSPS) is 13.4. The number of unbranched alkanes of at least 4 members (excludes halogenated alkanes) is 42. The third kappa shape index (κ3) is 52.6. The average Bonchev–Trinajstić information content (AvgIpc) is 3.32. The van der Waals surface area contributed by atoms with Gasteiger partial charge in [0.25, 0.3) is 0 Å². The fraction of sp³-hybridized carbons (Fsp3) is 0.964. The Bertz CT molecular complexity index is 1080. The number of rotatable bonds is 56. The Morgan fingerprint density at radius 2 is 0.642 bits per heavy atom. The van der Waals surface area contributed by atoms with Gasteiger partial charge in [0.05, 0.1) is 19.8 Å². The molecule has 0 fully saturated rings. The Morgan fingerprint density at radius 3 is 0.925 bits per heavy atom. The van der Waals surface area contributed by atoms with Crippen molar-refractivity contribution in [3.05, 3.63) is 0 Å². The standard InChI is InChI=1S/C56H111O10P/c1-3-5-7-9-11-13-15-17-19-21-23-25-26-28-30-32-34-36-38-40-42-44-46-48-56(60)66-54(52-65-67(61,62)64-50-53(58)49-57)51-63-55(59)47-45-43-41-39-37-35-33-31-29-27-24-22-20-18-16-14-12-10-8-6-4-2/h53-54,57-58H,3-52H2,1-2H3,(H,61,62)/t53-,54+/m0/s1. The third-order valence-electron chi connectivity index (χ3n) is 13.3. The lowest BCUT2D eigenvalue weighted by atomic mass is 10.0.